The van der Waals surface area contributed by atoms with Crippen LogP contribution in [0.3, 0.4) is 0 Å². The molecule has 1 aliphatic rings. The fraction of sp³-hybridized carbons (Fsp3) is 0.595. The summed E-state index contributed by atoms with van der Waals surface area (Å²) in [6.45, 7) is 14.8. The van der Waals surface area contributed by atoms with Gasteiger partial charge in [0.25, 0.3) is 11.8 Å². The Balaban J connectivity index is 1.99. The fourth-order valence-electron chi connectivity index (χ4n) is 5.24. The van der Waals surface area contributed by atoms with Crippen molar-refractivity contribution >= 4 is 47.2 Å². The lowest BCUT2D eigenvalue weighted by Gasteiger charge is -2.35. The summed E-state index contributed by atoms with van der Waals surface area (Å²) in [6.07, 6.45) is 3.75. The van der Waals surface area contributed by atoms with Crippen LogP contribution in [0.2, 0.25) is 0 Å². The molecule has 1 aromatic carbocycles. The highest BCUT2D eigenvalue weighted by Gasteiger charge is 2.37. The van der Waals surface area contributed by atoms with E-state index in [1.807, 2.05) is 13.8 Å². The first kappa shape index (κ1) is 43.4. The number of urea groups is 1. The van der Waals surface area contributed by atoms with Crippen molar-refractivity contribution in [1.29, 1.82) is 0 Å². The molecule has 288 valence electrons. The molecule has 0 spiro atoms. The van der Waals surface area contributed by atoms with Crippen LogP contribution in [0.4, 0.5) is 10.5 Å². The average Bonchev–Trinajstić information content (AvgIpc) is 3.40. The molecule has 0 radical (unpaired) electrons. The molecule has 52 heavy (non-hydrogen) atoms. The molecule has 0 saturated carbocycles. The molecule has 2 rings (SSSR count). The Bertz CT molecular complexity index is 1450. The number of primary amides is 1. The van der Waals surface area contributed by atoms with Crippen molar-refractivity contribution in [3.05, 3.63) is 42.0 Å². The zero-order chi connectivity index (χ0) is 39.2. The van der Waals surface area contributed by atoms with Gasteiger partial charge >= 0.3 is 12.0 Å². The fourth-order valence-corrected chi connectivity index (χ4v) is 5.24. The van der Waals surface area contributed by atoms with Crippen LogP contribution < -0.4 is 27.0 Å². The van der Waals surface area contributed by atoms with Crippen LogP contribution in [-0.4, -0.2) is 82.8 Å². The van der Waals surface area contributed by atoms with Crippen molar-refractivity contribution in [2.75, 3.05) is 18.5 Å². The topological polar surface area (TPSA) is 215 Å². The molecule has 0 fully saturated rings. The number of carbonyl (C=O) groups is 7. The number of anilines is 1. The molecule has 0 bridgehead atoms. The van der Waals surface area contributed by atoms with Gasteiger partial charge in [-0.15, -0.1) is 0 Å². The van der Waals surface area contributed by atoms with Crippen LogP contribution in [-0.2, 0) is 44.8 Å². The summed E-state index contributed by atoms with van der Waals surface area (Å²) in [5.41, 5.74) is 4.86. The highest BCUT2D eigenvalue weighted by atomic mass is 16.5. The predicted molar refractivity (Wildman–Crippen MR) is 194 cm³/mol. The van der Waals surface area contributed by atoms with E-state index in [-0.39, 0.29) is 68.1 Å². The van der Waals surface area contributed by atoms with Crippen LogP contribution in [0.5, 0.6) is 0 Å². The normalized spacial score (nSPS) is 14.3. The standard InChI is InChI=1S/C37H56N6O9/c1-23(2)31(42-28(44)17-18-37(7,8)52-21-19-36(5,6)43-29(45)15-16-30(43)46)33(48)41-27(10-9-20-39-35(38)50)32(47)40-26-13-11-25(12-14-26)22-51-34(49)24(3)4/h11-16,23-24,27,31H,9-10,17-22H2,1-8H3,(H,40,47)(H,41,48)(H,42,44)(H3,38,39,50)/t27-,31?/m0/s1. The molecule has 7 amide bonds. The predicted octanol–water partition coefficient (Wildman–Crippen LogP) is 3.07. The first-order chi connectivity index (χ1) is 24.2. The van der Waals surface area contributed by atoms with Crippen LogP contribution >= 0.6 is 0 Å². The molecule has 0 saturated heterocycles. The Morgan fingerprint density at radius 2 is 1.48 bits per heavy atom. The Hall–Kier alpha value is -4.79. The van der Waals surface area contributed by atoms with Crippen LogP contribution in [0.15, 0.2) is 36.4 Å². The molecular weight excluding hydrogens is 672 g/mol. The average molecular weight is 729 g/mol. The van der Waals surface area contributed by atoms with E-state index in [1.165, 1.54) is 17.1 Å². The van der Waals surface area contributed by atoms with Gasteiger partial charge in [0.1, 0.15) is 18.7 Å². The number of ether oxygens (including phenoxy) is 2. The summed E-state index contributed by atoms with van der Waals surface area (Å²) in [7, 11) is 0. The summed E-state index contributed by atoms with van der Waals surface area (Å²) in [5, 5.41) is 10.8. The van der Waals surface area contributed by atoms with Crippen molar-refractivity contribution in [3.63, 3.8) is 0 Å². The second-order valence-corrected chi connectivity index (χ2v) is 14.7. The summed E-state index contributed by atoms with van der Waals surface area (Å²) in [4.78, 5) is 88.3. The molecular formula is C37H56N6O9. The van der Waals surface area contributed by atoms with Gasteiger partial charge in [-0.2, -0.15) is 0 Å². The lowest BCUT2D eigenvalue weighted by Crippen LogP contribution is -2.54. The van der Waals surface area contributed by atoms with E-state index in [2.05, 4.69) is 21.3 Å². The van der Waals surface area contributed by atoms with Crippen LogP contribution in [0.1, 0.15) is 93.1 Å². The first-order valence-electron chi connectivity index (χ1n) is 17.6. The zero-order valence-electron chi connectivity index (χ0n) is 31.6. The molecule has 6 N–H and O–H groups in total. The zero-order valence-corrected chi connectivity index (χ0v) is 31.6. The minimum absolute atomic E-state index is 0.0509. The maximum atomic E-state index is 13.5. The molecule has 15 nitrogen and oxygen atoms in total. The number of benzene rings is 1. The Morgan fingerprint density at radius 3 is 2.04 bits per heavy atom. The molecule has 2 atom stereocenters. The van der Waals surface area contributed by atoms with Gasteiger partial charge in [-0.3, -0.25) is 33.7 Å². The van der Waals surface area contributed by atoms with Crippen LogP contribution in [0, 0.1) is 11.8 Å². The van der Waals surface area contributed by atoms with Crippen molar-refractivity contribution < 1.29 is 43.0 Å². The number of imide groups is 1. The van der Waals surface area contributed by atoms with Crippen molar-refractivity contribution in [3.8, 4) is 0 Å². The smallest absolute Gasteiger partial charge is 0.312 e. The first-order valence-corrected chi connectivity index (χ1v) is 17.6. The van der Waals surface area contributed by atoms with Crippen molar-refractivity contribution in [1.82, 2.24) is 20.9 Å². The summed E-state index contributed by atoms with van der Waals surface area (Å²) in [5.74, 6) is -3.06. The largest absolute Gasteiger partial charge is 0.461 e. The van der Waals surface area contributed by atoms with Gasteiger partial charge in [-0.05, 0) is 77.0 Å². The molecule has 15 heteroatoms. The summed E-state index contributed by atoms with van der Waals surface area (Å²) in [6, 6.07) is 4.06. The molecule has 1 aromatic rings. The second-order valence-electron chi connectivity index (χ2n) is 14.7. The Kier molecular flexibility index (Phi) is 16.4. The van der Waals surface area contributed by atoms with Gasteiger partial charge in [-0.1, -0.05) is 39.8 Å². The number of hydrogen-bond acceptors (Lipinski definition) is 9. The van der Waals surface area contributed by atoms with E-state index in [0.717, 1.165) is 5.56 Å². The van der Waals surface area contributed by atoms with Gasteiger partial charge in [0.2, 0.25) is 17.7 Å². The Labute approximate surface area is 306 Å². The third kappa shape index (κ3) is 14.4. The number of rotatable bonds is 21. The maximum Gasteiger partial charge on any atom is 0.312 e. The number of nitrogens with zero attached hydrogens (tertiary/aromatic N) is 1. The van der Waals surface area contributed by atoms with E-state index >= 15 is 0 Å². The monoisotopic (exact) mass is 728 g/mol. The number of nitrogens with one attached hydrogen (secondary N) is 4. The van der Waals surface area contributed by atoms with Gasteiger partial charge in [0, 0.05) is 43.0 Å². The maximum absolute atomic E-state index is 13.5. The van der Waals surface area contributed by atoms with E-state index in [1.54, 1.807) is 65.8 Å². The van der Waals surface area contributed by atoms with Crippen molar-refractivity contribution in [2.24, 2.45) is 17.6 Å². The van der Waals surface area contributed by atoms with Gasteiger partial charge < -0.3 is 36.5 Å². The number of nitrogens with two attached hydrogens (primary N) is 1. The molecule has 1 unspecified atom stereocenters. The summed E-state index contributed by atoms with van der Waals surface area (Å²) >= 11 is 0. The highest BCUT2D eigenvalue weighted by molar-refractivity contribution is 6.13. The quantitative estimate of drug-likeness (QED) is 0.0713. The number of hydrogen-bond donors (Lipinski definition) is 5. The van der Waals surface area contributed by atoms with Crippen molar-refractivity contribution in [2.45, 2.75) is 117 Å². The van der Waals surface area contributed by atoms with E-state index < -0.39 is 41.1 Å². The SMILES string of the molecule is CC(C)C(=O)OCc1ccc(NC(=O)[C@H](CCCNC(N)=O)NC(=O)C(NC(=O)CCC(C)(C)OCCC(C)(C)N2C(=O)C=CC2=O)C(C)C)cc1. The van der Waals surface area contributed by atoms with E-state index in [0.29, 0.717) is 24.9 Å². The Morgan fingerprint density at radius 1 is 0.865 bits per heavy atom. The van der Waals surface area contributed by atoms with Gasteiger partial charge in [-0.25, -0.2) is 4.79 Å². The van der Waals surface area contributed by atoms with Gasteiger partial charge in [0.15, 0.2) is 0 Å². The third-order valence-corrected chi connectivity index (χ3v) is 8.52. The lowest BCUT2D eigenvalue weighted by atomic mass is 9.97. The van der Waals surface area contributed by atoms with E-state index in [9.17, 15) is 33.6 Å². The highest BCUT2D eigenvalue weighted by Crippen LogP contribution is 2.25. The number of esters is 1. The summed E-state index contributed by atoms with van der Waals surface area (Å²) < 4.78 is 11.3. The van der Waals surface area contributed by atoms with Gasteiger partial charge in [0.05, 0.1) is 11.5 Å². The minimum atomic E-state index is -1.01. The lowest BCUT2D eigenvalue weighted by molar-refractivity contribution is -0.149. The van der Waals surface area contributed by atoms with Crippen LogP contribution in [0.25, 0.3) is 0 Å². The number of amides is 7. The molecule has 1 heterocycles. The van der Waals surface area contributed by atoms with E-state index in [4.69, 9.17) is 15.2 Å². The number of carbonyl (C=O) groups excluding carboxylic acids is 7. The second kappa shape index (κ2) is 19.7. The molecule has 0 aliphatic carbocycles. The third-order valence-electron chi connectivity index (χ3n) is 8.52. The molecule has 0 aromatic heterocycles. The minimum Gasteiger partial charge on any atom is -0.461 e. The molecule has 1 aliphatic heterocycles.